The number of hydrogen-bond acceptors (Lipinski definition) is 1. The molecule has 0 spiro atoms. The number of rotatable bonds is 4. The Bertz CT molecular complexity index is 493. The predicted molar refractivity (Wildman–Crippen MR) is 65.4 cm³/mol. The fraction of sp³-hybridized carbons (Fsp3) is 0.133. The van der Waals surface area contributed by atoms with Crippen LogP contribution in [0.4, 0.5) is 4.39 Å². The molecule has 0 aliphatic rings. The van der Waals surface area contributed by atoms with Crippen LogP contribution in [0.5, 0.6) is 0 Å². The van der Waals surface area contributed by atoms with Crippen molar-refractivity contribution in [3.8, 4) is 0 Å². The van der Waals surface area contributed by atoms with Gasteiger partial charge in [0, 0.05) is 5.92 Å². The van der Waals surface area contributed by atoms with E-state index in [4.69, 9.17) is 0 Å². The highest BCUT2D eigenvalue weighted by molar-refractivity contribution is 5.62. The quantitative estimate of drug-likeness (QED) is 0.733. The molecule has 0 amide bonds. The molecule has 1 atom stereocenters. The number of aldehydes is 1. The molecule has 0 heterocycles. The van der Waals surface area contributed by atoms with Crippen LogP contribution >= 0.6 is 0 Å². The van der Waals surface area contributed by atoms with Crippen molar-refractivity contribution in [3.05, 3.63) is 71.5 Å². The number of hydrogen-bond donors (Lipinski definition) is 0. The molecule has 17 heavy (non-hydrogen) atoms. The van der Waals surface area contributed by atoms with Gasteiger partial charge in [0.15, 0.2) is 0 Å². The second-order valence-electron chi connectivity index (χ2n) is 3.99. The van der Waals surface area contributed by atoms with Crippen LogP contribution in [0.2, 0.25) is 0 Å². The molecule has 1 nitrogen and oxygen atoms in total. The lowest BCUT2D eigenvalue weighted by molar-refractivity contribution is -0.109. The van der Waals surface area contributed by atoms with Crippen LogP contribution in [-0.4, -0.2) is 6.29 Å². The van der Waals surface area contributed by atoms with E-state index in [-0.39, 0.29) is 11.7 Å². The highest BCUT2D eigenvalue weighted by Crippen LogP contribution is 2.19. The third kappa shape index (κ3) is 3.00. The third-order valence-corrected chi connectivity index (χ3v) is 2.74. The first-order valence-corrected chi connectivity index (χ1v) is 5.54. The number of carbonyl (C=O) groups is 1. The van der Waals surface area contributed by atoms with Crippen LogP contribution in [0.3, 0.4) is 0 Å². The van der Waals surface area contributed by atoms with Crippen LogP contribution in [0.15, 0.2) is 54.6 Å². The van der Waals surface area contributed by atoms with E-state index >= 15 is 0 Å². The predicted octanol–water partition coefficient (Wildman–Crippen LogP) is 3.35. The maximum Gasteiger partial charge on any atom is 0.127 e. The maximum absolute atomic E-state index is 13.1. The van der Waals surface area contributed by atoms with Crippen LogP contribution < -0.4 is 0 Å². The molecule has 0 aliphatic heterocycles. The van der Waals surface area contributed by atoms with Gasteiger partial charge in [-0.2, -0.15) is 0 Å². The van der Waals surface area contributed by atoms with Crippen molar-refractivity contribution >= 4 is 6.29 Å². The van der Waals surface area contributed by atoms with Crippen molar-refractivity contribution in [2.24, 2.45) is 0 Å². The molecule has 1 unspecified atom stereocenters. The highest BCUT2D eigenvalue weighted by Gasteiger charge is 2.11. The largest absolute Gasteiger partial charge is 0.303 e. The zero-order valence-electron chi connectivity index (χ0n) is 9.34. The van der Waals surface area contributed by atoms with Gasteiger partial charge in [-0.05, 0) is 29.7 Å². The Labute approximate surface area is 99.9 Å². The van der Waals surface area contributed by atoms with Gasteiger partial charge >= 0.3 is 0 Å². The fourth-order valence-electron chi connectivity index (χ4n) is 1.85. The van der Waals surface area contributed by atoms with Gasteiger partial charge in [0.1, 0.15) is 12.1 Å². The summed E-state index contributed by atoms with van der Waals surface area (Å²) in [7, 11) is 0. The van der Waals surface area contributed by atoms with Crippen molar-refractivity contribution in [1.82, 2.24) is 0 Å². The molecule has 2 aromatic carbocycles. The molecule has 2 rings (SSSR count). The van der Waals surface area contributed by atoms with Gasteiger partial charge in [-0.15, -0.1) is 0 Å². The Balaban J connectivity index is 2.20. The van der Waals surface area contributed by atoms with E-state index in [0.29, 0.717) is 6.42 Å². The van der Waals surface area contributed by atoms with Crippen molar-refractivity contribution in [1.29, 1.82) is 0 Å². The van der Waals surface area contributed by atoms with Crippen LogP contribution in [-0.2, 0) is 11.2 Å². The summed E-state index contributed by atoms with van der Waals surface area (Å²) in [5.74, 6) is -0.587. The minimum atomic E-state index is -0.303. The third-order valence-electron chi connectivity index (χ3n) is 2.74. The molecule has 86 valence electrons. The second-order valence-corrected chi connectivity index (χ2v) is 3.99. The number of halogens is 1. The van der Waals surface area contributed by atoms with E-state index in [9.17, 15) is 9.18 Å². The summed E-state index contributed by atoms with van der Waals surface area (Å²) in [6.45, 7) is 0. The summed E-state index contributed by atoms with van der Waals surface area (Å²) in [5.41, 5.74) is 1.80. The van der Waals surface area contributed by atoms with E-state index in [0.717, 1.165) is 17.4 Å². The summed E-state index contributed by atoms with van der Waals surface area (Å²) >= 11 is 0. The van der Waals surface area contributed by atoms with Crippen molar-refractivity contribution in [2.75, 3.05) is 0 Å². The summed E-state index contributed by atoms with van der Waals surface area (Å²) < 4.78 is 13.1. The Morgan fingerprint density at radius 3 is 2.47 bits per heavy atom. The van der Waals surface area contributed by atoms with Gasteiger partial charge in [-0.3, -0.25) is 0 Å². The molecule has 0 saturated heterocycles. The minimum Gasteiger partial charge on any atom is -0.303 e. The molecule has 0 saturated carbocycles. The van der Waals surface area contributed by atoms with Gasteiger partial charge in [0.05, 0.1) is 0 Å². The molecule has 0 fully saturated rings. The van der Waals surface area contributed by atoms with Gasteiger partial charge < -0.3 is 4.79 Å². The summed E-state index contributed by atoms with van der Waals surface area (Å²) in [5, 5.41) is 0. The minimum absolute atomic E-state index is 0.284. The average molecular weight is 228 g/mol. The van der Waals surface area contributed by atoms with Gasteiger partial charge in [-0.1, -0.05) is 42.5 Å². The number of benzene rings is 2. The molecule has 0 aromatic heterocycles. The Hall–Kier alpha value is -1.96. The zero-order chi connectivity index (χ0) is 12.1. The number of carbonyl (C=O) groups excluding carboxylic acids is 1. The van der Waals surface area contributed by atoms with E-state index in [2.05, 4.69) is 0 Å². The molecule has 0 radical (unpaired) electrons. The highest BCUT2D eigenvalue weighted by atomic mass is 19.1. The average Bonchev–Trinajstić information content (AvgIpc) is 2.37. The molecular formula is C15H13FO. The van der Waals surface area contributed by atoms with Crippen molar-refractivity contribution < 1.29 is 9.18 Å². The van der Waals surface area contributed by atoms with Crippen LogP contribution in [0.1, 0.15) is 17.0 Å². The standard InChI is InChI=1S/C15H13FO/c16-15-8-4-7-13(10-15)14(11-17)9-12-5-2-1-3-6-12/h1-8,10-11,14H,9H2. The second kappa shape index (κ2) is 5.39. The summed E-state index contributed by atoms with van der Waals surface area (Å²) in [4.78, 5) is 11.1. The SMILES string of the molecule is O=CC(Cc1ccccc1)c1cccc(F)c1. The van der Waals surface area contributed by atoms with Gasteiger partial charge in [0.25, 0.3) is 0 Å². The first kappa shape index (κ1) is 11.5. The smallest absolute Gasteiger partial charge is 0.127 e. The maximum atomic E-state index is 13.1. The molecule has 2 heteroatoms. The molecule has 2 aromatic rings. The van der Waals surface area contributed by atoms with E-state index in [1.165, 1.54) is 12.1 Å². The van der Waals surface area contributed by atoms with E-state index < -0.39 is 0 Å². The first-order chi connectivity index (χ1) is 8.29. The molecule has 0 aliphatic carbocycles. The fourth-order valence-corrected chi connectivity index (χ4v) is 1.85. The monoisotopic (exact) mass is 228 g/mol. The first-order valence-electron chi connectivity index (χ1n) is 5.54. The van der Waals surface area contributed by atoms with Gasteiger partial charge in [-0.25, -0.2) is 4.39 Å². The topological polar surface area (TPSA) is 17.1 Å². The van der Waals surface area contributed by atoms with Crippen molar-refractivity contribution in [2.45, 2.75) is 12.3 Å². The van der Waals surface area contributed by atoms with Crippen molar-refractivity contribution in [3.63, 3.8) is 0 Å². The molecule has 0 N–H and O–H groups in total. The van der Waals surface area contributed by atoms with E-state index in [1.807, 2.05) is 30.3 Å². The Kier molecular flexibility index (Phi) is 3.66. The lowest BCUT2D eigenvalue weighted by Gasteiger charge is -2.10. The van der Waals surface area contributed by atoms with Gasteiger partial charge in [0.2, 0.25) is 0 Å². The normalized spacial score (nSPS) is 12.1. The summed E-state index contributed by atoms with van der Waals surface area (Å²) in [6.07, 6.45) is 1.48. The van der Waals surface area contributed by atoms with Crippen LogP contribution in [0.25, 0.3) is 0 Å². The zero-order valence-corrected chi connectivity index (χ0v) is 9.34. The molecule has 0 bridgehead atoms. The lowest BCUT2D eigenvalue weighted by Crippen LogP contribution is -2.04. The summed E-state index contributed by atoms with van der Waals surface area (Å²) in [6, 6.07) is 16.0. The van der Waals surface area contributed by atoms with E-state index in [1.54, 1.807) is 12.1 Å². The van der Waals surface area contributed by atoms with Crippen LogP contribution in [0, 0.1) is 5.82 Å². The Morgan fingerprint density at radius 1 is 1.06 bits per heavy atom. The Morgan fingerprint density at radius 2 is 1.82 bits per heavy atom. The molecular weight excluding hydrogens is 215 g/mol. The lowest BCUT2D eigenvalue weighted by atomic mass is 9.93.